The van der Waals surface area contributed by atoms with Gasteiger partial charge in [0.2, 0.25) is 0 Å². The van der Waals surface area contributed by atoms with E-state index in [1.165, 1.54) is 6.33 Å². The van der Waals surface area contributed by atoms with Gasteiger partial charge in [-0.2, -0.15) is 0 Å². The van der Waals surface area contributed by atoms with Crippen LogP contribution in [0.1, 0.15) is 5.82 Å². The van der Waals surface area contributed by atoms with Gasteiger partial charge in [-0.1, -0.05) is 47.8 Å². The van der Waals surface area contributed by atoms with Crippen molar-refractivity contribution in [2.24, 2.45) is 0 Å². The molecule has 0 radical (unpaired) electrons. The quantitative estimate of drug-likeness (QED) is 0.670. The van der Waals surface area contributed by atoms with E-state index in [0.29, 0.717) is 11.6 Å². The Morgan fingerprint density at radius 2 is 1.72 bits per heavy atom. The van der Waals surface area contributed by atoms with Crippen LogP contribution in [-0.4, -0.2) is 22.1 Å². The summed E-state index contributed by atoms with van der Waals surface area (Å²) >= 11 is 10.1. The zero-order chi connectivity index (χ0) is 13.2. The molecule has 2 aromatic rings. The molecule has 0 aliphatic rings. The first kappa shape index (κ1) is 13.9. The van der Waals surface area contributed by atoms with E-state index in [4.69, 9.17) is 4.74 Å². The van der Waals surface area contributed by atoms with E-state index in [0.717, 1.165) is 11.3 Å². The lowest BCUT2D eigenvalue weighted by atomic mass is 10.2. The largest absolute Gasteiger partial charge is 0.497 e. The van der Waals surface area contributed by atoms with Gasteiger partial charge in [-0.05, 0) is 24.3 Å². The number of alkyl halides is 3. The Kier molecular flexibility index (Phi) is 4.34. The Morgan fingerprint density at radius 1 is 1.06 bits per heavy atom. The molecule has 0 aliphatic heterocycles. The van der Waals surface area contributed by atoms with Gasteiger partial charge in [-0.15, -0.1) is 0 Å². The summed E-state index contributed by atoms with van der Waals surface area (Å²) in [6, 6.07) is 7.53. The molecule has 18 heavy (non-hydrogen) atoms. The second-order valence-corrected chi connectivity index (χ2v) is 10.1. The molecule has 0 unspecified atom stereocenters. The SMILES string of the molecule is COc1ccc(-c2ncnc(C(Br)(Br)Br)n2)cc1. The lowest BCUT2D eigenvalue weighted by molar-refractivity contribution is 0.415. The normalized spacial score (nSPS) is 11.3. The highest BCUT2D eigenvalue weighted by Gasteiger charge is 2.25. The van der Waals surface area contributed by atoms with E-state index in [1.807, 2.05) is 24.3 Å². The van der Waals surface area contributed by atoms with Crippen molar-refractivity contribution in [1.82, 2.24) is 15.0 Å². The third-order valence-corrected chi connectivity index (χ3v) is 3.24. The first-order valence-electron chi connectivity index (χ1n) is 4.91. The van der Waals surface area contributed by atoms with Gasteiger partial charge in [-0.3, -0.25) is 0 Å². The van der Waals surface area contributed by atoms with Crippen LogP contribution in [0.25, 0.3) is 11.4 Å². The molecule has 1 aromatic heterocycles. The molecule has 0 N–H and O–H groups in total. The summed E-state index contributed by atoms with van der Waals surface area (Å²) in [7, 11) is 1.63. The van der Waals surface area contributed by atoms with E-state index in [2.05, 4.69) is 62.7 Å². The molecule has 1 aromatic carbocycles. The number of hydrogen-bond donors (Lipinski definition) is 0. The van der Waals surface area contributed by atoms with Crippen LogP contribution in [0, 0.1) is 0 Å². The number of nitrogens with zero attached hydrogens (tertiary/aromatic N) is 3. The summed E-state index contributed by atoms with van der Waals surface area (Å²) < 4.78 is 4.47. The summed E-state index contributed by atoms with van der Waals surface area (Å²) in [5.41, 5.74) is 0.899. The number of rotatable bonds is 2. The number of benzene rings is 1. The van der Waals surface area contributed by atoms with Gasteiger partial charge in [0, 0.05) is 5.56 Å². The molecule has 0 amide bonds. The van der Waals surface area contributed by atoms with E-state index >= 15 is 0 Å². The maximum absolute atomic E-state index is 5.11. The molecule has 0 aliphatic carbocycles. The van der Waals surface area contributed by atoms with Crippen LogP contribution in [0.4, 0.5) is 0 Å². The van der Waals surface area contributed by atoms with Crippen molar-refractivity contribution < 1.29 is 4.74 Å². The highest BCUT2D eigenvalue weighted by Crippen LogP contribution is 2.42. The number of aromatic nitrogens is 3. The Morgan fingerprint density at radius 3 is 2.28 bits per heavy atom. The second-order valence-electron chi connectivity index (χ2n) is 3.36. The molecule has 94 valence electrons. The van der Waals surface area contributed by atoms with Crippen molar-refractivity contribution >= 4 is 47.8 Å². The van der Waals surface area contributed by atoms with Crippen LogP contribution in [0.15, 0.2) is 30.6 Å². The predicted molar refractivity (Wildman–Crippen MR) is 80.3 cm³/mol. The highest BCUT2D eigenvalue weighted by atomic mass is 80.0. The number of halogens is 3. The van der Waals surface area contributed by atoms with Crippen LogP contribution in [0.3, 0.4) is 0 Å². The van der Waals surface area contributed by atoms with Crippen molar-refractivity contribution in [3.8, 4) is 17.1 Å². The van der Waals surface area contributed by atoms with Gasteiger partial charge in [0.05, 0.1) is 7.11 Å². The van der Waals surface area contributed by atoms with E-state index < -0.39 is 2.14 Å². The molecule has 0 bridgehead atoms. The summed E-state index contributed by atoms with van der Waals surface area (Å²) in [4.78, 5) is 12.6. The van der Waals surface area contributed by atoms with Crippen LogP contribution in [0.2, 0.25) is 0 Å². The average Bonchev–Trinajstić information content (AvgIpc) is 2.38. The van der Waals surface area contributed by atoms with Gasteiger partial charge in [0.15, 0.2) is 13.8 Å². The minimum atomic E-state index is -0.642. The molecule has 0 saturated carbocycles. The Labute approximate surface area is 130 Å². The fourth-order valence-corrected chi connectivity index (χ4v) is 1.89. The van der Waals surface area contributed by atoms with E-state index in [1.54, 1.807) is 7.11 Å². The van der Waals surface area contributed by atoms with Gasteiger partial charge >= 0.3 is 0 Å². The first-order chi connectivity index (χ1) is 8.50. The molecule has 7 heteroatoms. The summed E-state index contributed by atoms with van der Waals surface area (Å²) in [5.74, 6) is 1.94. The lowest BCUT2D eigenvalue weighted by Crippen LogP contribution is -2.07. The Bertz CT molecular complexity index is 540. The minimum Gasteiger partial charge on any atom is -0.497 e. The predicted octanol–water partition coefficient (Wildman–Crippen LogP) is 3.84. The molecule has 0 saturated heterocycles. The third-order valence-electron chi connectivity index (χ3n) is 2.17. The van der Waals surface area contributed by atoms with Crippen LogP contribution in [0.5, 0.6) is 5.75 Å². The molecule has 0 atom stereocenters. The Balaban J connectivity index is 2.38. The van der Waals surface area contributed by atoms with Gasteiger partial charge in [0.25, 0.3) is 0 Å². The number of methoxy groups -OCH3 is 1. The molecular formula is C11H8Br3N3O. The standard InChI is InChI=1S/C11H8Br3N3O/c1-18-8-4-2-7(3-5-8)9-15-6-16-10(17-9)11(12,13)14/h2-6H,1H3. The van der Waals surface area contributed by atoms with E-state index in [9.17, 15) is 0 Å². The van der Waals surface area contributed by atoms with Crippen LogP contribution in [-0.2, 0) is 2.14 Å². The van der Waals surface area contributed by atoms with Gasteiger partial charge < -0.3 is 4.74 Å². The van der Waals surface area contributed by atoms with Crippen molar-refractivity contribution in [2.45, 2.75) is 2.14 Å². The third kappa shape index (κ3) is 3.27. The van der Waals surface area contributed by atoms with Gasteiger partial charge in [-0.25, -0.2) is 15.0 Å². The highest BCUT2D eigenvalue weighted by molar-refractivity contribution is 9.38. The maximum Gasteiger partial charge on any atom is 0.194 e. The monoisotopic (exact) mass is 435 g/mol. The fourth-order valence-electron chi connectivity index (χ4n) is 1.31. The van der Waals surface area contributed by atoms with Crippen molar-refractivity contribution in [2.75, 3.05) is 7.11 Å². The van der Waals surface area contributed by atoms with Crippen molar-refractivity contribution in [3.63, 3.8) is 0 Å². The average molecular weight is 438 g/mol. The topological polar surface area (TPSA) is 47.9 Å². The molecular weight excluding hydrogens is 430 g/mol. The Hall–Kier alpha value is -0.530. The molecule has 0 fully saturated rings. The number of hydrogen-bond acceptors (Lipinski definition) is 4. The summed E-state index contributed by atoms with van der Waals surface area (Å²) in [5, 5.41) is 0. The van der Waals surface area contributed by atoms with E-state index in [-0.39, 0.29) is 0 Å². The van der Waals surface area contributed by atoms with Crippen molar-refractivity contribution in [1.29, 1.82) is 0 Å². The van der Waals surface area contributed by atoms with Crippen molar-refractivity contribution in [3.05, 3.63) is 36.4 Å². The zero-order valence-electron chi connectivity index (χ0n) is 9.27. The van der Waals surface area contributed by atoms with Crippen LogP contribution < -0.4 is 4.74 Å². The zero-order valence-corrected chi connectivity index (χ0v) is 14.0. The lowest BCUT2D eigenvalue weighted by Gasteiger charge is -2.10. The minimum absolute atomic E-state index is 0.545. The summed E-state index contributed by atoms with van der Waals surface area (Å²) in [6.45, 7) is 0. The second kappa shape index (κ2) is 5.63. The smallest absolute Gasteiger partial charge is 0.194 e. The molecule has 0 spiro atoms. The summed E-state index contributed by atoms with van der Waals surface area (Å²) in [6.07, 6.45) is 1.47. The number of ether oxygens (including phenoxy) is 1. The van der Waals surface area contributed by atoms with Gasteiger partial charge in [0.1, 0.15) is 12.1 Å². The molecule has 2 rings (SSSR count). The fraction of sp³-hybridized carbons (Fsp3) is 0.182. The molecule has 1 heterocycles. The van der Waals surface area contributed by atoms with Crippen LogP contribution >= 0.6 is 47.8 Å². The molecule has 4 nitrogen and oxygen atoms in total. The maximum atomic E-state index is 5.11. The first-order valence-corrected chi connectivity index (χ1v) is 7.29.